The molecule has 0 saturated heterocycles. The molecule has 21 heavy (non-hydrogen) atoms. The average molecular weight is 302 g/mol. The highest BCUT2D eigenvalue weighted by atomic mass is 35.5. The van der Waals surface area contributed by atoms with Crippen molar-refractivity contribution in [3.8, 4) is 5.75 Å². The molecule has 0 aliphatic carbocycles. The van der Waals surface area contributed by atoms with Gasteiger partial charge in [-0.05, 0) is 18.2 Å². The molecule has 0 atom stereocenters. The van der Waals surface area contributed by atoms with Crippen LogP contribution in [0, 0.1) is 5.82 Å². The number of halogens is 2. The molecule has 0 radical (unpaired) electrons. The van der Waals surface area contributed by atoms with Crippen molar-refractivity contribution in [1.82, 2.24) is 4.98 Å². The fourth-order valence-corrected chi connectivity index (χ4v) is 2.46. The van der Waals surface area contributed by atoms with Gasteiger partial charge in [0.15, 0.2) is 11.6 Å². The lowest BCUT2D eigenvalue weighted by atomic mass is 10.1. The molecule has 3 aromatic rings. The van der Waals surface area contributed by atoms with Crippen molar-refractivity contribution >= 4 is 22.5 Å². The van der Waals surface area contributed by atoms with Gasteiger partial charge in [-0.1, -0.05) is 30.3 Å². The first-order valence-corrected chi connectivity index (χ1v) is 7.12. The summed E-state index contributed by atoms with van der Waals surface area (Å²) in [6.07, 6.45) is 1.73. The molecule has 0 bridgehead atoms. The number of aromatic nitrogens is 1. The van der Waals surface area contributed by atoms with Gasteiger partial charge in [0, 0.05) is 22.7 Å². The summed E-state index contributed by atoms with van der Waals surface area (Å²) in [5.74, 6) is 0.0318. The molecule has 2 aromatic carbocycles. The SMILES string of the molecule is Fc1cccc(CCl)c1OCc1ccnc2ccccc12. The second-order valence-corrected chi connectivity index (χ2v) is 4.90. The highest BCUT2D eigenvalue weighted by Crippen LogP contribution is 2.26. The van der Waals surface area contributed by atoms with E-state index >= 15 is 0 Å². The molecule has 0 fully saturated rings. The van der Waals surface area contributed by atoms with Crippen molar-refractivity contribution in [2.75, 3.05) is 0 Å². The Bertz CT molecular complexity index is 770. The van der Waals surface area contributed by atoms with Gasteiger partial charge in [0.25, 0.3) is 0 Å². The van der Waals surface area contributed by atoms with E-state index in [1.54, 1.807) is 18.3 Å². The Kier molecular flexibility index (Phi) is 4.02. The standard InChI is InChI=1S/C17H13ClFNO/c18-10-12-4-3-6-15(19)17(12)21-11-13-8-9-20-16-7-2-1-5-14(13)16/h1-9H,10-11H2. The lowest BCUT2D eigenvalue weighted by Crippen LogP contribution is -2.01. The highest BCUT2D eigenvalue weighted by Gasteiger charge is 2.10. The zero-order valence-corrected chi connectivity index (χ0v) is 12.0. The Labute approximate surface area is 127 Å². The Morgan fingerprint density at radius 2 is 1.86 bits per heavy atom. The van der Waals surface area contributed by atoms with Crippen LogP contribution in [0.25, 0.3) is 10.9 Å². The second-order valence-electron chi connectivity index (χ2n) is 4.64. The Morgan fingerprint density at radius 3 is 2.71 bits per heavy atom. The topological polar surface area (TPSA) is 22.1 Å². The van der Waals surface area contributed by atoms with E-state index in [0.29, 0.717) is 5.56 Å². The Balaban J connectivity index is 1.91. The minimum atomic E-state index is -0.397. The first kappa shape index (κ1) is 13.8. The lowest BCUT2D eigenvalue weighted by molar-refractivity contribution is 0.289. The fraction of sp³-hybridized carbons (Fsp3) is 0.118. The predicted octanol–water partition coefficient (Wildman–Crippen LogP) is 4.69. The normalized spacial score (nSPS) is 10.8. The number of fused-ring (bicyclic) bond motifs is 1. The summed E-state index contributed by atoms with van der Waals surface area (Å²) in [5.41, 5.74) is 2.50. The van der Waals surface area contributed by atoms with Crippen molar-refractivity contribution < 1.29 is 9.13 Å². The van der Waals surface area contributed by atoms with E-state index < -0.39 is 5.82 Å². The average Bonchev–Trinajstić information content (AvgIpc) is 2.53. The third-order valence-corrected chi connectivity index (χ3v) is 3.59. The van der Waals surface area contributed by atoms with Crippen LogP contribution in [-0.4, -0.2) is 4.98 Å². The van der Waals surface area contributed by atoms with Crippen LogP contribution in [0.1, 0.15) is 11.1 Å². The van der Waals surface area contributed by atoms with Gasteiger partial charge in [-0.25, -0.2) is 4.39 Å². The number of rotatable bonds is 4. The summed E-state index contributed by atoms with van der Waals surface area (Å²) < 4.78 is 19.5. The molecule has 2 nitrogen and oxygen atoms in total. The van der Waals surface area contributed by atoms with Gasteiger partial charge in [-0.2, -0.15) is 0 Å². The molecule has 0 saturated carbocycles. The van der Waals surface area contributed by atoms with Crippen molar-refractivity contribution in [1.29, 1.82) is 0 Å². The van der Waals surface area contributed by atoms with E-state index in [2.05, 4.69) is 4.98 Å². The third kappa shape index (κ3) is 2.83. The zero-order chi connectivity index (χ0) is 14.7. The van der Waals surface area contributed by atoms with Crippen LogP contribution in [0.4, 0.5) is 4.39 Å². The molecule has 0 aliphatic rings. The van der Waals surface area contributed by atoms with Gasteiger partial charge >= 0.3 is 0 Å². The van der Waals surface area contributed by atoms with Crippen LogP contribution >= 0.6 is 11.6 Å². The molecular weight excluding hydrogens is 289 g/mol. The predicted molar refractivity (Wildman–Crippen MR) is 82.0 cm³/mol. The zero-order valence-electron chi connectivity index (χ0n) is 11.2. The van der Waals surface area contributed by atoms with Crippen LogP contribution in [0.3, 0.4) is 0 Å². The van der Waals surface area contributed by atoms with Crippen molar-refractivity contribution in [3.63, 3.8) is 0 Å². The number of hydrogen-bond acceptors (Lipinski definition) is 2. The molecule has 0 unspecified atom stereocenters. The monoisotopic (exact) mass is 301 g/mol. The van der Waals surface area contributed by atoms with Gasteiger partial charge in [0.2, 0.25) is 0 Å². The number of para-hydroxylation sites is 2. The summed E-state index contributed by atoms with van der Waals surface area (Å²) in [5, 5.41) is 1.00. The molecule has 3 rings (SSSR count). The Hall–Kier alpha value is -2.13. The first-order valence-electron chi connectivity index (χ1n) is 6.58. The van der Waals surface area contributed by atoms with Gasteiger partial charge in [-0.3, -0.25) is 4.98 Å². The fourth-order valence-electron chi connectivity index (χ4n) is 2.25. The molecule has 106 valence electrons. The smallest absolute Gasteiger partial charge is 0.165 e. The van der Waals surface area contributed by atoms with Gasteiger partial charge in [0.1, 0.15) is 6.61 Å². The summed E-state index contributed by atoms with van der Waals surface area (Å²) in [6, 6.07) is 14.4. The molecule has 0 N–H and O–H groups in total. The van der Waals surface area contributed by atoms with Crippen LogP contribution < -0.4 is 4.74 Å². The van der Waals surface area contributed by atoms with E-state index in [9.17, 15) is 4.39 Å². The second kappa shape index (κ2) is 6.10. The molecule has 1 aromatic heterocycles. The number of benzene rings is 2. The van der Waals surface area contributed by atoms with Crippen molar-refractivity contribution in [2.24, 2.45) is 0 Å². The largest absolute Gasteiger partial charge is 0.485 e. The quantitative estimate of drug-likeness (QED) is 0.652. The van der Waals surface area contributed by atoms with Crippen LogP contribution in [0.5, 0.6) is 5.75 Å². The molecule has 0 aliphatic heterocycles. The number of hydrogen-bond donors (Lipinski definition) is 0. The molecule has 4 heteroatoms. The van der Waals surface area contributed by atoms with E-state index in [0.717, 1.165) is 16.5 Å². The molecule has 1 heterocycles. The minimum absolute atomic E-state index is 0.212. The van der Waals surface area contributed by atoms with E-state index in [1.165, 1.54) is 6.07 Å². The molecular formula is C17H13ClFNO. The van der Waals surface area contributed by atoms with Crippen LogP contribution in [-0.2, 0) is 12.5 Å². The van der Waals surface area contributed by atoms with Crippen LogP contribution in [0.15, 0.2) is 54.7 Å². The van der Waals surface area contributed by atoms with Gasteiger partial charge in [-0.15, -0.1) is 11.6 Å². The number of ether oxygens (including phenoxy) is 1. The molecule has 0 spiro atoms. The van der Waals surface area contributed by atoms with E-state index in [1.807, 2.05) is 30.3 Å². The maximum Gasteiger partial charge on any atom is 0.165 e. The maximum atomic E-state index is 13.9. The number of pyridine rings is 1. The van der Waals surface area contributed by atoms with E-state index in [4.69, 9.17) is 16.3 Å². The van der Waals surface area contributed by atoms with Gasteiger partial charge in [0.05, 0.1) is 11.4 Å². The first-order chi connectivity index (χ1) is 10.3. The molecule has 0 amide bonds. The summed E-state index contributed by atoms with van der Waals surface area (Å²) in [7, 11) is 0. The van der Waals surface area contributed by atoms with Crippen molar-refractivity contribution in [3.05, 3.63) is 71.7 Å². The third-order valence-electron chi connectivity index (χ3n) is 3.30. The highest BCUT2D eigenvalue weighted by molar-refractivity contribution is 6.17. The minimum Gasteiger partial charge on any atom is -0.485 e. The van der Waals surface area contributed by atoms with Crippen molar-refractivity contribution in [2.45, 2.75) is 12.5 Å². The summed E-state index contributed by atoms with van der Waals surface area (Å²) in [4.78, 5) is 4.30. The maximum absolute atomic E-state index is 13.9. The summed E-state index contributed by atoms with van der Waals surface area (Å²) in [6.45, 7) is 0.272. The Morgan fingerprint density at radius 1 is 1.00 bits per heavy atom. The van der Waals surface area contributed by atoms with E-state index in [-0.39, 0.29) is 18.2 Å². The van der Waals surface area contributed by atoms with Gasteiger partial charge < -0.3 is 4.74 Å². The number of nitrogens with zero attached hydrogens (tertiary/aromatic N) is 1. The summed E-state index contributed by atoms with van der Waals surface area (Å²) >= 11 is 5.82. The van der Waals surface area contributed by atoms with Crippen LogP contribution in [0.2, 0.25) is 0 Å². The lowest BCUT2D eigenvalue weighted by Gasteiger charge is -2.12. The number of alkyl halides is 1.